The van der Waals surface area contributed by atoms with Crippen LogP contribution in [0.5, 0.6) is 0 Å². The molecule has 0 bridgehead atoms. The van der Waals surface area contributed by atoms with Gasteiger partial charge in [0.15, 0.2) is 0 Å². The van der Waals surface area contributed by atoms with E-state index in [1.54, 1.807) is 19.2 Å². The van der Waals surface area contributed by atoms with Crippen LogP contribution in [0.2, 0.25) is 0 Å². The van der Waals surface area contributed by atoms with Crippen molar-refractivity contribution in [2.45, 2.75) is 31.7 Å². The Morgan fingerprint density at radius 1 is 1.22 bits per heavy atom. The number of halogens is 2. The number of aromatic nitrogens is 3. The van der Waals surface area contributed by atoms with Gasteiger partial charge in [0.05, 0.1) is 0 Å². The Morgan fingerprint density at radius 3 is 2.67 bits per heavy atom. The minimum Gasteiger partial charge on any atom is -0.341 e. The lowest BCUT2D eigenvalue weighted by atomic mass is 10.1. The van der Waals surface area contributed by atoms with Crippen LogP contribution in [-0.2, 0) is 0 Å². The second kappa shape index (κ2) is 6.86. The van der Waals surface area contributed by atoms with Gasteiger partial charge >= 0.3 is 0 Å². The summed E-state index contributed by atoms with van der Waals surface area (Å²) in [6.07, 6.45) is 3.98. The Hall–Kier alpha value is -3.16. The fraction of sp³-hybridized carbons (Fsp3) is 0.263. The molecule has 1 atom stereocenters. The molecular formula is C19H16F2N4O2. The Bertz CT molecular complexity index is 981. The predicted octanol–water partition coefficient (Wildman–Crippen LogP) is 3.78. The zero-order valence-electron chi connectivity index (χ0n) is 14.4. The van der Waals surface area contributed by atoms with Gasteiger partial charge in [0.2, 0.25) is 11.7 Å². The molecule has 1 aromatic carbocycles. The van der Waals surface area contributed by atoms with Gasteiger partial charge in [-0.1, -0.05) is 5.16 Å². The van der Waals surface area contributed by atoms with Crippen molar-refractivity contribution in [3.05, 3.63) is 65.3 Å². The van der Waals surface area contributed by atoms with Crippen LogP contribution in [0.1, 0.15) is 53.7 Å². The molecule has 1 N–H and O–H groups in total. The molecule has 0 aliphatic heterocycles. The summed E-state index contributed by atoms with van der Waals surface area (Å²) < 4.78 is 31.8. The number of hydrogen-bond acceptors (Lipinski definition) is 5. The van der Waals surface area contributed by atoms with Crippen LogP contribution < -0.4 is 5.32 Å². The molecule has 2 heterocycles. The molecule has 1 fully saturated rings. The van der Waals surface area contributed by atoms with Crippen molar-refractivity contribution in [2.75, 3.05) is 0 Å². The van der Waals surface area contributed by atoms with E-state index in [0.717, 1.165) is 36.2 Å². The molecule has 8 heteroatoms. The van der Waals surface area contributed by atoms with Crippen LogP contribution in [0.3, 0.4) is 0 Å². The molecular weight excluding hydrogens is 354 g/mol. The summed E-state index contributed by atoms with van der Waals surface area (Å²) in [6.45, 7) is 1.65. The van der Waals surface area contributed by atoms with Crippen LogP contribution in [0.15, 0.2) is 41.1 Å². The number of carbonyl (C=O) groups excluding carboxylic acids is 1. The van der Waals surface area contributed by atoms with Gasteiger partial charge in [0, 0.05) is 35.0 Å². The number of nitrogens with one attached hydrogen (secondary N) is 1. The lowest BCUT2D eigenvalue weighted by Gasteiger charge is -2.09. The lowest BCUT2D eigenvalue weighted by Crippen LogP contribution is -2.27. The average Bonchev–Trinajstić information content (AvgIpc) is 3.37. The van der Waals surface area contributed by atoms with Gasteiger partial charge in [-0.3, -0.25) is 9.78 Å². The topological polar surface area (TPSA) is 80.9 Å². The van der Waals surface area contributed by atoms with E-state index in [1.807, 2.05) is 6.07 Å². The number of hydrogen-bond donors (Lipinski definition) is 1. The first kappa shape index (κ1) is 17.3. The molecule has 1 aliphatic carbocycles. The smallest absolute Gasteiger partial charge is 0.252 e. The van der Waals surface area contributed by atoms with E-state index in [4.69, 9.17) is 4.52 Å². The van der Waals surface area contributed by atoms with Crippen LogP contribution in [0.25, 0.3) is 11.4 Å². The second-order valence-corrected chi connectivity index (χ2v) is 6.55. The number of nitrogens with zero attached hydrogens (tertiary/aromatic N) is 3. The zero-order valence-corrected chi connectivity index (χ0v) is 14.4. The molecule has 138 valence electrons. The molecule has 2 aromatic heterocycles. The van der Waals surface area contributed by atoms with Gasteiger partial charge in [-0.25, -0.2) is 8.78 Å². The fourth-order valence-electron chi connectivity index (χ4n) is 2.74. The maximum Gasteiger partial charge on any atom is 0.252 e. The van der Waals surface area contributed by atoms with Crippen molar-refractivity contribution < 1.29 is 18.1 Å². The molecule has 0 spiro atoms. The van der Waals surface area contributed by atoms with Gasteiger partial charge in [-0.05, 0) is 44.0 Å². The third-order valence-electron chi connectivity index (χ3n) is 4.32. The van der Waals surface area contributed by atoms with Gasteiger partial charge in [0.1, 0.15) is 17.7 Å². The number of benzene rings is 1. The summed E-state index contributed by atoms with van der Waals surface area (Å²) in [6, 6.07) is 5.72. The van der Waals surface area contributed by atoms with Gasteiger partial charge in [-0.2, -0.15) is 4.98 Å². The van der Waals surface area contributed by atoms with Gasteiger partial charge in [0.25, 0.3) is 5.91 Å². The second-order valence-electron chi connectivity index (χ2n) is 6.55. The minimum absolute atomic E-state index is 0.123. The summed E-state index contributed by atoms with van der Waals surface area (Å²) in [5, 5.41) is 6.54. The first-order valence-electron chi connectivity index (χ1n) is 8.56. The van der Waals surface area contributed by atoms with E-state index < -0.39 is 23.6 Å². The van der Waals surface area contributed by atoms with Crippen LogP contribution in [0, 0.1) is 11.6 Å². The fourth-order valence-corrected chi connectivity index (χ4v) is 2.74. The summed E-state index contributed by atoms with van der Waals surface area (Å²) in [5.74, 6) is -1.19. The molecule has 0 unspecified atom stereocenters. The molecule has 0 saturated heterocycles. The summed E-state index contributed by atoms with van der Waals surface area (Å²) in [7, 11) is 0. The summed E-state index contributed by atoms with van der Waals surface area (Å²) >= 11 is 0. The first-order valence-corrected chi connectivity index (χ1v) is 8.56. The molecule has 27 heavy (non-hydrogen) atoms. The molecule has 4 rings (SSSR count). The number of rotatable bonds is 5. The lowest BCUT2D eigenvalue weighted by molar-refractivity contribution is 0.0931. The van der Waals surface area contributed by atoms with Crippen molar-refractivity contribution in [1.82, 2.24) is 20.4 Å². The number of amides is 1. The summed E-state index contributed by atoms with van der Waals surface area (Å²) in [5.41, 5.74) is 1.67. The van der Waals surface area contributed by atoms with Crippen molar-refractivity contribution in [1.29, 1.82) is 0 Å². The minimum atomic E-state index is -0.822. The van der Waals surface area contributed by atoms with Crippen molar-refractivity contribution >= 4 is 5.91 Å². The maximum absolute atomic E-state index is 13.3. The highest BCUT2D eigenvalue weighted by Crippen LogP contribution is 2.39. The largest absolute Gasteiger partial charge is 0.341 e. The van der Waals surface area contributed by atoms with E-state index in [-0.39, 0.29) is 11.5 Å². The molecule has 0 radical (unpaired) electrons. The molecule has 1 amide bonds. The Labute approximate surface area is 153 Å². The Morgan fingerprint density at radius 2 is 1.96 bits per heavy atom. The predicted molar refractivity (Wildman–Crippen MR) is 91.7 cm³/mol. The van der Waals surface area contributed by atoms with Crippen LogP contribution in [0.4, 0.5) is 8.78 Å². The normalized spacial score (nSPS) is 14.8. The van der Waals surface area contributed by atoms with E-state index in [1.165, 1.54) is 0 Å². The average molecular weight is 370 g/mol. The monoisotopic (exact) mass is 370 g/mol. The third kappa shape index (κ3) is 3.84. The van der Waals surface area contributed by atoms with E-state index in [0.29, 0.717) is 17.8 Å². The van der Waals surface area contributed by atoms with Crippen LogP contribution >= 0.6 is 0 Å². The third-order valence-corrected chi connectivity index (χ3v) is 4.32. The summed E-state index contributed by atoms with van der Waals surface area (Å²) in [4.78, 5) is 20.9. The van der Waals surface area contributed by atoms with Crippen molar-refractivity contribution in [3.8, 4) is 11.4 Å². The maximum atomic E-state index is 13.3. The van der Waals surface area contributed by atoms with Crippen LogP contribution in [-0.4, -0.2) is 21.0 Å². The number of carbonyl (C=O) groups is 1. The Balaban J connectivity index is 1.49. The molecule has 3 aromatic rings. The van der Waals surface area contributed by atoms with E-state index >= 15 is 0 Å². The quantitative estimate of drug-likeness (QED) is 0.739. The van der Waals surface area contributed by atoms with Crippen molar-refractivity contribution in [2.24, 2.45) is 0 Å². The first-order chi connectivity index (χ1) is 13.0. The SMILES string of the molecule is C[C@H](NC(=O)c1cc(F)cc(F)c1)c1nc(-c2ccnc(C3CC3)c2)no1. The Kier molecular flexibility index (Phi) is 4.39. The molecule has 1 saturated carbocycles. The van der Waals surface area contributed by atoms with Gasteiger partial charge in [-0.15, -0.1) is 0 Å². The molecule has 6 nitrogen and oxygen atoms in total. The van der Waals surface area contributed by atoms with E-state index in [2.05, 4.69) is 20.4 Å². The van der Waals surface area contributed by atoms with E-state index in [9.17, 15) is 13.6 Å². The number of pyridine rings is 1. The highest BCUT2D eigenvalue weighted by atomic mass is 19.1. The standard InChI is InChI=1S/C19H16F2N4O2/c1-10(23-18(26)13-6-14(20)9-15(21)7-13)19-24-17(25-27-19)12-4-5-22-16(8-12)11-2-3-11/h4-11H,2-3H2,1H3,(H,23,26)/t10-/m0/s1. The highest BCUT2D eigenvalue weighted by Gasteiger charge is 2.26. The molecule has 1 aliphatic rings. The van der Waals surface area contributed by atoms with Gasteiger partial charge < -0.3 is 9.84 Å². The zero-order chi connectivity index (χ0) is 19.0. The highest BCUT2D eigenvalue weighted by molar-refractivity contribution is 5.94. The van der Waals surface area contributed by atoms with Crippen molar-refractivity contribution in [3.63, 3.8) is 0 Å².